The van der Waals surface area contributed by atoms with Crippen LogP contribution in [0.3, 0.4) is 0 Å². The highest BCUT2D eigenvalue weighted by molar-refractivity contribution is 9.10. The van der Waals surface area contributed by atoms with Crippen molar-refractivity contribution in [3.8, 4) is 11.4 Å². The third-order valence-electron chi connectivity index (χ3n) is 2.27. The van der Waals surface area contributed by atoms with Crippen LogP contribution in [0, 0.1) is 0 Å². The van der Waals surface area contributed by atoms with Crippen LogP contribution in [0.15, 0.2) is 33.5 Å². The van der Waals surface area contributed by atoms with Gasteiger partial charge in [-0.1, -0.05) is 27.5 Å². The van der Waals surface area contributed by atoms with Gasteiger partial charge in [-0.25, -0.2) is 4.98 Å². The number of nitrogens with zero attached hydrogens (tertiary/aromatic N) is 1. The number of halogens is 2. The quantitative estimate of drug-likeness (QED) is 0.942. The zero-order valence-corrected chi connectivity index (χ0v) is 11.9. The van der Waals surface area contributed by atoms with Crippen LogP contribution >= 0.6 is 27.5 Å². The molecule has 0 aliphatic rings. The van der Waals surface area contributed by atoms with E-state index in [1.165, 1.54) is 6.07 Å². The highest BCUT2D eigenvalue weighted by Crippen LogP contribution is 2.27. The molecule has 0 aliphatic heterocycles. The number of hydrogen-bond acceptors (Lipinski definition) is 3. The van der Waals surface area contributed by atoms with Gasteiger partial charge >= 0.3 is 0 Å². The average Bonchev–Trinajstić information content (AvgIpc) is 2.32. The van der Waals surface area contributed by atoms with Crippen molar-refractivity contribution in [3.05, 3.63) is 49.8 Å². The van der Waals surface area contributed by atoms with E-state index >= 15 is 0 Å². The first-order valence-corrected chi connectivity index (χ1v) is 6.32. The van der Waals surface area contributed by atoms with Crippen LogP contribution in [0.2, 0.25) is 5.02 Å². The third-order valence-corrected chi connectivity index (χ3v) is 3.09. The van der Waals surface area contributed by atoms with Gasteiger partial charge in [0.1, 0.15) is 5.82 Å². The molecule has 0 fully saturated rings. The molecular formula is C12H10BrClN2O2. The largest absolute Gasteiger partial charge is 0.378 e. The van der Waals surface area contributed by atoms with Gasteiger partial charge in [0, 0.05) is 23.2 Å². The number of benzene rings is 1. The highest BCUT2D eigenvalue weighted by atomic mass is 79.9. The lowest BCUT2D eigenvalue weighted by Gasteiger charge is -2.06. The van der Waals surface area contributed by atoms with Crippen LogP contribution < -0.4 is 5.56 Å². The summed E-state index contributed by atoms with van der Waals surface area (Å²) in [6.07, 6.45) is 0. The molecule has 4 nitrogen and oxygen atoms in total. The van der Waals surface area contributed by atoms with E-state index in [1.54, 1.807) is 19.2 Å². The fraction of sp³-hybridized carbons (Fsp3) is 0.167. The first-order valence-electron chi connectivity index (χ1n) is 5.15. The number of rotatable bonds is 3. The molecule has 0 saturated heterocycles. The minimum atomic E-state index is -0.233. The zero-order chi connectivity index (χ0) is 13.1. The minimum absolute atomic E-state index is 0.233. The van der Waals surface area contributed by atoms with Gasteiger partial charge in [0.25, 0.3) is 5.56 Å². The maximum absolute atomic E-state index is 11.5. The summed E-state index contributed by atoms with van der Waals surface area (Å²) in [7, 11) is 1.55. The molecule has 0 atom stereocenters. The van der Waals surface area contributed by atoms with Crippen LogP contribution in [0.25, 0.3) is 11.4 Å². The maximum Gasteiger partial charge on any atom is 0.251 e. The number of ether oxygens (including phenoxy) is 1. The number of aromatic amines is 1. The summed E-state index contributed by atoms with van der Waals surface area (Å²) in [6, 6.07) is 6.77. The Labute approximate surface area is 117 Å². The number of hydrogen-bond donors (Lipinski definition) is 1. The summed E-state index contributed by atoms with van der Waals surface area (Å²) in [5.41, 5.74) is 0.997. The summed E-state index contributed by atoms with van der Waals surface area (Å²) in [6.45, 7) is 0.280. The summed E-state index contributed by atoms with van der Waals surface area (Å²) in [5.74, 6) is 0.431. The van der Waals surface area contributed by atoms with Crippen molar-refractivity contribution in [2.24, 2.45) is 0 Å². The van der Waals surface area contributed by atoms with Crippen molar-refractivity contribution >= 4 is 27.5 Å². The van der Waals surface area contributed by atoms with Gasteiger partial charge in [0.2, 0.25) is 0 Å². The average molecular weight is 330 g/mol. The molecule has 1 N–H and O–H groups in total. The van der Waals surface area contributed by atoms with Crippen molar-refractivity contribution < 1.29 is 4.74 Å². The van der Waals surface area contributed by atoms with Gasteiger partial charge in [-0.05, 0) is 18.2 Å². The molecule has 1 aromatic carbocycles. The van der Waals surface area contributed by atoms with E-state index in [0.717, 1.165) is 4.47 Å². The number of methoxy groups -OCH3 is 1. The molecule has 0 unspecified atom stereocenters. The Kier molecular flexibility index (Phi) is 4.16. The Morgan fingerprint density at radius 2 is 2.22 bits per heavy atom. The molecular weight excluding hydrogens is 320 g/mol. The van der Waals surface area contributed by atoms with E-state index in [-0.39, 0.29) is 12.2 Å². The molecule has 94 valence electrons. The topological polar surface area (TPSA) is 55.0 Å². The summed E-state index contributed by atoms with van der Waals surface area (Å²) < 4.78 is 5.83. The van der Waals surface area contributed by atoms with Crippen LogP contribution in [0.5, 0.6) is 0 Å². The Bertz CT molecular complexity index is 628. The predicted molar refractivity (Wildman–Crippen MR) is 73.7 cm³/mol. The predicted octanol–water partition coefficient (Wildman–Crippen LogP) is 3.00. The van der Waals surface area contributed by atoms with E-state index in [4.69, 9.17) is 16.3 Å². The Balaban J connectivity index is 2.56. The van der Waals surface area contributed by atoms with E-state index < -0.39 is 0 Å². The molecule has 2 rings (SSSR count). The first-order chi connectivity index (χ1) is 8.60. The van der Waals surface area contributed by atoms with Crippen molar-refractivity contribution in [1.29, 1.82) is 0 Å². The Morgan fingerprint density at radius 1 is 1.44 bits per heavy atom. The molecule has 0 amide bonds. The fourth-order valence-electron chi connectivity index (χ4n) is 1.54. The van der Waals surface area contributed by atoms with Crippen molar-refractivity contribution in [2.75, 3.05) is 7.11 Å². The Morgan fingerprint density at radius 3 is 2.94 bits per heavy atom. The monoisotopic (exact) mass is 328 g/mol. The molecule has 0 saturated carbocycles. The van der Waals surface area contributed by atoms with Crippen molar-refractivity contribution in [3.63, 3.8) is 0 Å². The van der Waals surface area contributed by atoms with Crippen molar-refractivity contribution in [2.45, 2.75) is 6.61 Å². The number of aromatic nitrogens is 2. The lowest BCUT2D eigenvalue weighted by atomic mass is 10.2. The van der Waals surface area contributed by atoms with E-state index in [0.29, 0.717) is 22.1 Å². The molecule has 0 aliphatic carbocycles. The molecule has 0 spiro atoms. The summed E-state index contributed by atoms with van der Waals surface area (Å²) in [5, 5.41) is 0.524. The first kappa shape index (κ1) is 13.3. The third kappa shape index (κ3) is 2.98. The van der Waals surface area contributed by atoms with Crippen LogP contribution in [-0.2, 0) is 11.3 Å². The SMILES string of the molecule is COCc1cc(=O)[nH]c(-c2cc(Br)ccc2Cl)n1. The van der Waals surface area contributed by atoms with E-state index in [1.807, 2.05) is 6.07 Å². The van der Waals surface area contributed by atoms with Gasteiger partial charge in [-0.2, -0.15) is 0 Å². The van der Waals surface area contributed by atoms with Gasteiger partial charge in [-0.15, -0.1) is 0 Å². The Hall–Kier alpha value is -1.17. The molecule has 1 heterocycles. The number of nitrogens with one attached hydrogen (secondary N) is 1. The van der Waals surface area contributed by atoms with Crippen LogP contribution in [0.4, 0.5) is 0 Å². The molecule has 2 aromatic rings. The highest BCUT2D eigenvalue weighted by Gasteiger charge is 2.08. The van der Waals surface area contributed by atoms with Crippen molar-refractivity contribution in [1.82, 2.24) is 9.97 Å². The van der Waals surface area contributed by atoms with Gasteiger partial charge in [-0.3, -0.25) is 4.79 Å². The van der Waals surface area contributed by atoms with Crippen LogP contribution in [0.1, 0.15) is 5.69 Å². The van der Waals surface area contributed by atoms with Crippen LogP contribution in [-0.4, -0.2) is 17.1 Å². The lowest BCUT2D eigenvalue weighted by molar-refractivity contribution is 0.181. The fourth-order valence-corrected chi connectivity index (χ4v) is 2.10. The summed E-state index contributed by atoms with van der Waals surface area (Å²) in [4.78, 5) is 18.5. The molecule has 1 aromatic heterocycles. The van der Waals surface area contributed by atoms with Gasteiger partial charge in [0.05, 0.1) is 17.3 Å². The van der Waals surface area contributed by atoms with E-state index in [2.05, 4.69) is 25.9 Å². The zero-order valence-electron chi connectivity index (χ0n) is 9.54. The maximum atomic E-state index is 11.5. The standard InChI is InChI=1S/C12H10BrClN2O2/c1-18-6-8-5-11(17)16-12(15-8)9-4-7(13)2-3-10(9)14/h2-5H,6H2,1H3,(H,15,16,17). The summed E-state index contributed by atoms with van der Waals surface area (Å²) >= 11 is 9.46. The second-order valence-electron chi connectivity index (χ2n) is 3.64. The second kappa shape index (κ2) is 5.65. The van der Waals surface area contributed by atoms with E-state index in [9.17, 15) is 4.79 Å². The molecule has 6 heteroatoms. The smallest absolute Gasteiger partial charge is 0.251 e. The normalized spacial score (nSPS) is 10.6. The second-order valence-corrected chi connectivity index (χ2v) is 4.97. The molecule has 0 bridgehead atoms. The molecule has 0 radical (unpaired) electrons. The number of H-pyrrole nitrogens is 1. The van der Waals surface area contributed by atoms with Gasteiger partial charge in [0.15, 0.2) is 0 Å². The minimum Gasteiger partial charge on any atom is -0.378 e. The molecule has 18 heavy (non-hydrogen) atoms. The van der Waals surface area contributed by atoms with Gasteiger partial charge < -0.3 is 9.72 Å². The lowest BCUT2D eigenvalue weighted by Crippen LogP contribution is -2.11.